The Morgan fingerprint density at radius 3 is 2.57 bits per heavy atom. The molecule has 1 rings (SSSR count). The van der Waals surface area contributed by atoms with E-state index in [1.165, 1.54) is 13.0 Å². The van der Waals surface area contributed by atoms with Gasteiger partial charge in [0.05, 0.1) is 10.9 Å². The van der Waals surface area contributed by atoms with Gasteiger partial charge < -0.3 is 5.11 Å². The number of aliphatic carboxylic acids is 1. The van der Waals surface area contributed by atoms with Crippen molar-refractivity contribution in [3.63, 3.8) is 0 Å². The predicted molar refractivity (Wildman–Crippen MR) is 47.4 cm³/mol. The molecular formula is C9H7ClF2O2. The lowest BCUT2D eigenvalue weighted by atomic mass is 10.0. The summed E-state index contributed by atoms with van der Waals surface area (Å²) in [4.78, 5) is 10.6. The van der Waals surface area contributed by atoms with Crippen LogP contribution < -0.4 is 0 Å². The maximum Gasteiger partial charge on any atom is 0.310 e. The predicted octanol–water partition coefficient (Wildman–Crippen LogP) is 2.81. The fourth-order valence-electron chi connectivity index (χ4n) is 1.01. The molecule has 0 spiro atoms. The second kappa shape index (κ2) is 3.92. The summed E-state index contributed by atoms with van der Waals surface area (Å²) < 4.78 is 25.5. The molecule has 5 heteroatoms. The maximum absolute atomic E-state index is 12.9. The van der Waals surface area contributed by atoms with E-state index in [9.17, 15) is 13.6 Å². The second-order valence-corrected chi connectivity index (χ2v) is 3.20. The number of carbonyl (C=O) groups is 1. The number of carboxylic acids is 1. The van der Waals surface area contributed by atoms with Gasteiger partial charge in [-0.25, -0.2) is 8.78 Å². The van der Waals surface area contributed by atoms with E-state index < -0.39 is 28.5 Å². The van der Waals surface area contributed by atoms with E-state index in [-0.39, 0.29) is 5.56 Å². The Hall–Kier alpha value is -1.16. The molecule has 1 atom stereocenters. The minimum atomic E-state index is -1.21. The molecule has 0 saturated carbocycles. The molecule has 76 valence electrons. The van der Waals surface area contributed by atoms with Crippen LogP contribution in [0.25, 0.3) is 0 Å². The van der Waals surface area contributed by atoms with Crippen LogP contribution in [0.2, 0.25) is 5.02 Å². The molecule has 0 fully saturated rings. The third-order valence-electron chi connectivity index (χ3n) is 1.90. The van der Waals surface area contributed by atoms with Crippen molar-refractivity contribution in [2.75, 3.05) is 0 Å². The minimum Gasteiger partial charge on any atom is -0.481 e. The van der Waals surface area contributed by atoms with Gasteiger partial charge in [0.2, 0.25) is 0 Å². The minimum absolute atomic E-state index is 0.0677. The van der Waals surface area contributed by atoms with Gasteiger partial charge in [-0.2, -0.15) is 0 Å². The molecule has 0 aromatic heterocycles. The zero-order chi connectivity index (χ0) is 10.9. The van der Waals surface area contributed by atoms with Crippen molar-refractivity contribution < 1.29 is 18.7 Å². The van der Waals surface area contributed by atoms with Gasteiger partial charge in [0.25, 0.3) is 0 Å². The van der Waals surface area contributed by atoms with E-state index in [1.807, 2.05) is 0 Å². The van der Waals surface area contributed by atoms with E-state index >= 15 is 0 Å². The summed E-state index contributed by atoms with van der Waals surface area (Å²) in [6.07, 6.45) is 0. The third-order valence-corrected chi connectivity index (χ3v) is 2.29. The van der Waals surface area contributed by atoms with Crippen LogP contribution in [0.15, 0.2) is 12.1 Å². The highest BCUT2D eigenvalue weighted by Crippen LogP contribution is 2.28. The SMILES string of the molecule is CC(C(=O)O)c1ccc(F)c(F)c1Cl. The molecule has 0 heterocycles. The van der Waals surface area contributed by atoms with E-state index in [1.54, 1.807) is 0 Å². The molecule has 0 aliphatic carbocycles. The zero-order valence-corrected chi connectivity index (χ0v) is 7.98. The van der Waals surface area contributed by atoms with Gasteiger partial charge in [-0.15, -0.1) is 0 Å². The standard InChI is InChI=1S/C9H7ClF2O2/c1-4(9(13)14)5-2-3-6(11)8(12)7(5)10/h2-4H,1H3,(H,13,14). The van der Waals surface area contributed by atoms with Gasteiger partial charge in [-0.3, -0.25) is 4.79 Å². The number of rotatable bonds is 2. The van der Waals surface area contributed by atoms with Crippen LogP contribution in [0.5, 0.6) is 0 Å². The molecular weight excluding hydrogens is 214 g/mol. The Morgan fingerprint density at radius 1 is 1.50 bits per heavy atom. The van der Waals surface area contributed by atoms with Crippen molar-refractivity contribution in [3.8, 4) is 0 Å². The number of hydrogen-bond donors (Lipinski definition) is 1. The van der Waals surface area contributed by atoms with E-state index in [4.69, 9.17) is 16.7 Å². The Morgan fingerprint density at radius 2 is 2.07 bits per heavy atom. The Labute approximate surface area is 84.1 Å². The molecule has 0 amide bonds. The molecule has 2 nitrogen and oxygen atoms in total. The van der Waals surface area contributed by atoms with E-state index in [2.05, 4.69) is 0 Å². The lowest BCUT2D eigenvalue weighted by Crippen LogP contribution is -2.09. The zero-order valence-electron chi connectivity index (χ0n) is 7.22. The largest absolute Gasteiger partial charge is 0.481 e. The van der Waals surface area contributed by atoms with Crippen LogP contribution in [0, 0.1) is 11.6 Å². The fraction of sp³-hybridized carbons (Fsp3) is 0.222. The average Bonchev–Trinajstić information content (AvgIpc) is 2.13. The Kier molecular flexibility index (Phi) is 3.06. The molecule has 1 unspecified atom stereocenters. The first-order chi connectivity index (χ1) is 6.45. The van der Waals surface area contributed by atoms with Gasteiger partial charge >= 0.3 is 5.97 Å². The second-order valence-electron chi connectivity index (χ2n) is 2.82. The summed E-state index contributed by atoms with van der Waals surface area (Å²) in [6, 6.07) is 2.02. The van der Waals surface area contributed by atoms with Crippen molar-refractivity contribution in [2.24, 2.45) is 0 Å². The summed E-state index contributed by atoms with van der Waals surface area (Å²) in [5.74, 6) is -4.40. The maximum atomic E-state index is 12.9. The first-order valence-corrected chi connectivity index (χ1v) is 4.19. The molecule has 0 aliphatic heterocycles. The van der Waals surface area contributed by atoms with Crippen LogP contribution in [0.3, 0.4) is 0 Å². The first-order valence-electron chi connectivity index (χ1n) is 3.81. The molecule has 1 N–H and O–H groups in total. The highest BCUT2D eigenvalue weighted by Gasteiger charge is 2.20. The van der Waals surface area contributed by atoms with Crippen LogP contribution in [-0.4, -0.2) is 11.1 Å². The van der Waals surface area contributed by atoms with Crippen molar-refractivity contribution in [2.45, 2.75) is 12.8 Å². The monoisotopic (exact) mass is 220 g/mol. The number of benzene rings is 1. The third kappa shape index (κ3) is 1.85. The molecule has 0 radical (unpaired) electrons. The van der Waals surface area contributed by atoms with Crippen LogP contribution in [-0.2, 0) is 4.79 Å². The lowest BCUT2D eigenvalue weighted by molar-refractivity contribution is -0.138. The number of carboxylic acid groups (broad SMARTS) is 1. The molecule has 0 aliphatic rings. The van der Waals surface area contributed by atoms with Crippen LogP contribution >= 0.6 is 11.6 Å². The summed E-state index contributed by atoms with van der Waals surface area (Å²) >= 11 is 5.46. The molecule has 14 heavy (non-hydrogen) atoms. The fourth-order valence-corrected chi connectivity index (χ4v) is 1.33. The summed E-state index contributed by atoms with van der Waals surface area (Å²) in [6.45, 7) is 1.35. The summed E-state index contributed by atoms with van der Waals surface area (Å²) in [5.41, 5.74) is 0.0677. The molecule has 0 bridgehead atoms. The van der Waals surface area contributed by atoms with Crippen LogP contribution in [0.4, 0.5) is 8.78 Å². The van der Waals surface area contributed by atoms with Crippen molar-refractivity contribution >= 4 is 17.6 Å². The topological polar surface area (TPSA) is 37.3 Å². The molecule has 0 saturated heterocycles. The lowest BCUT2D eigenvalue weighted by Gasteiger charge is -2.09. The van der Waals surface area contributed by atoms with Gasteiger partial charge in [-0.05, 0) is 18.6 Å². The number of hydrogen-bond acceptors (Lipinski definition) is 1. The van der Waals surface area contributed by atoms with E-state index in [0.717, 1.165) is 6.07 Å². The molecule has 1 aromatic rings. The number of halogens is 3. The van der Waals surface area contributed by atoms with Crippen molar-refractivity contribution in [3.05, 3.63) is 34.4 Å². The smallest absolute Gasteiger partial charge is 0.310 e. The van der Waals surface area contributed by atoms with E-state index in [0.29, 0.717) is 0 Å². The Bertz CT molecular complexity index is 379. The van der Waals surface area contributed by atoms with Crippen LogP contribution in [0.1, 0.15) is 18.4 Å². The van der Waals surface area contributed by atoms with Crippen molar-refractivity contribution in [1.29, 1.82) is 0 Å². The normalized spacial score (nSPS) is 12.6. The van der Waals surface area contributed by atoms with Gasteiger partial charge in [0.15, 0.2) is 11.6 Å². The highest BCUT2D eigenvalue weighted by molar-refractivity contribution is 6.31. The van der Waals surface area contributed by atoms with Gasteiger partial charge in [0, 0.05) is 0 Å². The Balaban J connectivity index is 3.24. The summed E-state index contributed by atoms with van der Waals surface area (Å²) in [7, 11) is 0. The summed E-state index contributed by atoms with van der Waals surface area (Å²) in [5, 5.41) is 8.17. The first kappa shape index (κ1) is 10.9. The van der Waals surface area contributed by atoms with Gasteiger partial charge in [-0.1, -0.05) is 17.7 Å². The highest BCUT2D eigenvalue weighted by atomic mass is 35.5. The van der Waals surface area contributed by atoms with Gasteiger partial charge in [0.1, 0.15) is 0 Å². The molecule has 1 aromatic carbocycles. The quantitative estimate of drug-likeness (QED) is 0.779. The van der Waals surface area contributed by atoms with Crippen molar-refractivity contribution in [1.82, 2.24) is 0 Å². The average molecular weight is 221 g/mol.